The molecule has 25 heavy (non-hydrogen) atoms. The van der Waals surface area contributed by atoms with Crippen molar-refractivity contribution in [3.8, 4) is 5.75 Å². The van der Waals surface area contributed by atoms with Gasteiger partial charge in [0.05, 0.1) is 11.1 Å². The van der Waals surface area contributed by atoms with Gasteiger partial charge in [0.2, 0.25) is 0 Å². The number of hydrogen-bond donors (Lipinski definition) is 1. The highest BCUT2D eigenvalue weighted by atomic mass is 19.4. The van der Waals surface area contributed by atoms with Crippen molar-refractivity contribution >= 4 is 17.7 Å². The first kappa shape index (κ1) is 16.5. The first-order valence-electron chi connectivity index (χ1n) is 6.91. The zero-order chi connectivity index (χ0) is 18.2. The van der Waals surface area contributed by atoms with E-state index in [-0.39, 0.29) is 16.7 Å². The van der Waals surface area contributed by atoms with Crippen LogP contribution >= 0.6 is 0 Å². The number of nitrogens with zero attached hydrogens (tertiary/aromatic N) is 1. The Labute approximate surface area is 138 Å². The largest absolute Gasteiger partial charge is 0.573 e. The summed E-state index contributed by atoms with van der Waals surface area (Å²) < 4.78 is 40.4. The topological polar surface area (TPSA) is 75.7 Å². The van der Waals surface area contributed by atoms with Gasteiger partial charge >= 0.3 is 6.36 Å². The molecule has 0 saturated heterocycles. The van der Waals surface area contributed by atoms with Crippen LogP contribution in [0.25, 0.3) is 0 Å². The van der Waals surface area contributed by atoms with Gasteiger partial charge in [-0.3, -0.25) is 19.8 Å². The number of hydrazine groups is 1. The second-order valence-corrected chi connectivity index (χ2v) is 5.01. The molecule has 0 aliphatic carbocycles. The molecule has 0 atom stereocenters. The Hall–Kier alpha value is -3.36. The van der Waals surface area contributed by atoms with Gasteiger partial charge in [0.1, 0.15) is 5.75 Å². The number of imide groups is 1. The molecule has 1 N–H and O–H groups in total. The van der Waals surface area contributed by atoms with Crippen molar-refractivity contribution in [2.45, 2.75) is 6.36 Å². The van der Waals surface area contributed by atoms with Crippen molar-refractivity contribution in [3.63, 3.8) is 0 Å². The summed E-state index contributed by atoms with van der Waals surface area (Å²) in [6.07, 6.45) is -4.91. The maximum atomic E-state index is 12.2. The SMILES string of the molecule is O=C(NN1C(=O)c2ccccc2C1=O)c1cccc(OC(F)(F)F)c1. The van der Waals surface area contributed by atoms with Crippen LogP contribution in [-0.2, 0) is 0 Å². The number of nitrogens with one attached hydrogen (secondary N) is 1. The number of carbonyl (C=O) groups excluding carboxylic acids is 3. The van der Waals surface area contributed by atoms with Gasteiger partial charge in [0.25, 0.3) is 17.7 Å². The predicted molar refractivity (Wildman–Crippen MR) is 77.5 cm³/mol. The molecule has 2 aromatic carbocycles. The van der Waals surface area contributed by atoms with Crippen LogP contribution in [-0.4, -0.2) is 29.1 Å². The number of hydrogen-bond acceptors (Lipinski definition) is 4. The fraction of sp³-hybridized carbons (Fsp3) is 0.0625. The lowest BCUT2D eigenvalue weighted by Gasteiger charge is -2.15. The number of carbonyl (C=O) groups is 3. The van der Waals surface area contributed by atoms with Gasteiger partial charge in [-0.2, -0.15) is 5.01 Å². The van der Waals surface area contributed by atoms with Gasteiger partial charge in [-0.25, -0.2) is 0 Å². The maximum Gasteiger partial charge on any atom is 0.573 e. The first-order chi connectivity index (χ1) is 11.8. The molecule has 9 heteroatoms. The van der Waals surface area contributed by atoms with E-state index in [2.05, 4.69) is 10.2 Å². The van der Waals surface area contributed by atoms with E-state index >= 15 is 0 Å². The van der Waals surface area contributed by atoms with Crippen molar-refractivity contribution in [1.82, 2.24) is 10.4 Å². The molecule has 1 aliphatic rings. The second kappa shape index (κ2) is 5.93. The Bertz CT molecular complexity index is 845. The van der Waals surface area contributed by atoms with E-state index < -0.39 is 29.8 Å². The van der Waals surface area contributed by atoms with Crippen molar-refractivity contribution in [3.05, 3.63) is 65.2 Å². The molecule has 3 rings (SSSR count). The van der Waals surface area contributed by atoms with E-state index in [4.69, 9.17) is 0 Å². The van der Waals surface area contributed by atoms with Crippen molar-refractivity contribution < 1.29 is 32.3 Å². The summed E-state index contributed by atoms with van der Waals surface area (Å²) in [6, 6.07) is 10.3. The molecule has 0 aromatic heterocycles. The Morgan fingerprint density at radius 2 is 1.56 bits per heavy atom. The minimum atomic E-state index is -4.91. The predicted octanol–water partition coefficient (Wildman–Crippen LogP) is 2.53. The van der Waals surface area contributed by atoms with Crippen molar-refractivity contribution in [1.29, 1.82) is 0 Å². The Morgan fingerprint density at radius 1 is 0.960 bits per heavy atom. The number of fused-ring (bicyclic) bond motifs is 1. The van der Waals surface area contributed by atoms with Crippen molar-refractivity contribution in [2.75, 3.05) is 0 Å². The van der Waals surface area contributed by atoms with Gasteiger partial charge in [0.15, 0.2) is 0 Å². The normalized spacial score (nSPS) is 13.6. The summed E-state index contributed by atoms with van der Waals surface area (Å²) in [4.78, 5) is 36.5. The van der Waals surface area contributed by atoms with Gasteiger partial charge in [0, 0.05) is 5.56 Å². The van der Waals surface area contributed by atoms with E-state index in [0.717, 1.165) is 12.1 Å². The third-order valence-corrected chi connectivity index (χ3v) is 3.34. The maximum absolute atomic E-state index is 12.2. The molecule has 1 heterocycles. The van der Waals surface area contributed by atoms with Crippen LogP contribution in [0.1, 0.15) is 31.1 Å². The summed E-state index contributed by atoms with van der Waals surface area (Å²) in [5.74, 6) is -2.97. The van der Waals surface area contributed by atoms with Crippen molar-refractivity contribution in [2.24, 2.45) is 0 Å². The quantitative estimate of drug-likeness (QED) is 0.863. The number of rotatable bonds is 3. The van der Waals surface area contributed by atoms with Crippen LogP contribution in [0.15, 0.2) is 48.5 Å². The van der Waals surface area contributed by atoms with Crippen LogP contribution < -0.4 is 10.2 Å². The summed E-state index contributed by atoms with van der Waals surface area (Å²) in [5, 5.41) is 0.518. The number of alkyl halides is 3. The van der Waals surface area contributed by atoms with Crippen LogP contribution in [0.2, 0.25) is 0 Å². The monoisotopic (exact) mass is 350 g/mol. The molecular formula is C16H9F3N2O4. The smallest absolute Gasteiger partial charge is 0.406 e. The molecule has 0 saturated carbocycles. The van der Waals surface area contributed by atoms with E-state index in [1.807, 2.05) is 0 Å². The minimum absolute atomic E-state index is 0.127. The highest BCUT2D eigenvalue weighted by Gasteiger charge is 2.37. The standard InChI is InChI=1S/C16H9F3N2O4/c17-16(18,19)25-10-5-3-4-9(8-10)13(22)20-21-14(23)11-6-1-2-7-12(11)15(21)24/h1-8H,(H,20,22). The van der Waals surface area contributed by atoms with Gasteiger partial charge < -0.3 is 4.74 Å². The summed E-state index contributed by atoms with van der Waals surface area (Å²) in [5.41, 5.74) is 2.13. The highest BCUT2D eigenvalue weighted by molar-refractivity contribution is 6.22. The molecule has 0 unspecified atom stereocenters. The molecule has 6 nitrogen and oxygen atoms in total. The van der Waals surface area contributed by atoms with Gasteiger partial charge in [-0.05, 0) is 30.3 Å². The molecule has 0 spiro atoms. The molecule has 0 bridgehead atoms. The highest BCUT2D eigenvalue weighted by Crippen LogP contribution is 2.24. The summed E-state index contributed by atoms with van der Waals surface area (Å²) in [7, 11) is 0. The average Bonchev–Trinajstić information content (AvgIpc) is 2.79. The van der Waals surface area contributed by atoms with Crippen LogP contribution in [0.5, 0.6) is 5.75 Å². The lowest BCUT2D eigenvalue weighted by molar-refractivity contribution is -0.274. The number of ether oxygens (including phenoxy) is 1. The lowest BCUT2D eigenvalue weighted by Crippen LogP contribution is -2.45. The molecule has 1 aliphatic heterocycles. The second-order valence-electron chi connectivity index (χ2n) is 5.01. The number of amides is 3. The van der Waals surface area contributed by atoms with E-state index in [0.29, 0.717) is 5.01 Å². The fourth-order valence-electron chi connectivity index (χ4n) is 2.29. The molecule has 0 fully saturated rings. The van der Waals surface area contributed by atoms with E-state index in [1.54, 1.807) is 12.1 Å². The Morgan fingerprint density at radius 3 is 2.12 bits per heavy atom. The zero-order valence-electron chi connectivity index (χ0n) is 12.3. The summed E-state index contributed by atoms with van der Waals surface area (Å²) >= 11 is 0. The van der Waals surface area contributed by atoms with Crippen LogP contribution in [0.3, 0.4) is 0 Å². The zero-order valence-corrected chi connectivity index (χ0v) is 12.3. The third-order valence-electron chi connectivity index (χ3n) is 3.34. The van der Waals surface area contributed by atoms with E-state index in [1.165, 1.54) is 24.3 Å². The van der Waals surface area contributed by atoms with Crippen LogP contribution in [0, 0.1) is 0 Å². The number of benzene rings is 2. The first-order valence-corrected chi connectivity index (χ1v) is 6.91. The fourth-order valence-corrected chi connectivity index (χ4v) is 2.29. The molecule has 3 amide bonds. The molecule has 2 aromatic rings. The lowest BCUT2D eigenvalue weighted by atomic mass is 10.1. The molecule has 0 radical (unpaired) electrons. The van der Waals surface area contributed by atoms with E-state index in [9.17, 15) is 27.6 Å². The third kappa shape index (κ3) is 3.30. The average molecular weight is 350 g/mol. The summed E-state index contributed by atoms with van der Waals surface area (Å²) in [6.45, 7) is 0. The van der Waals surface area contributed by atoms with Crippen LogP contribution in [0.4, 0.5) is 13.2 Å². The number of halogens is 3. The van der Waals surface area contributed by atoms with Gasteiger partial charge in [-0.15, -0.1) is 13.2 Å². The Kier molecular flexibility index (Phi) is 3.91. The van der Waals surface area contributed by atoms with Gasteiger partial charge in [-0.1, -0.05) is 18.2 Å². The molecule has 128 valence electrons. The molecular weight excluding hydrogens is 341 g/mol. The minimum Gasteiger partial charge on any atom is -0.406 e. The Balaban J connectivity index is 1.79.